The van der Waals surface area contributed by atoms with Gasteiger partial charge in [0.15, 0.2) is 0 Å². The van der Waals surface area contributed by atoms with Gasteiger partial charge in [0, 0.05) is 7.05 Å². The SMILES string of the molecule is CCCOc1ncnc(NC)c1C(C)C. The lowest BCUT2D eigenvalue weighted by molar-refractivity contribution is 0.300. The van der Waals surface area contributed by atoms with Crippen LogP contribution in [0, 0.1) is 0 Å². The molecule has 0 aliphatic carbocycles. The van der Waals surface area contributed by atoms with Crippen LogP contribution in [-0.4, -0.2) is 23.6 Å². The van der Waals surface area contributed by atoms with Crippen LogP contribution in [0.15, 0.2) is 6.33 Å². The molecule has 0 atom stereocenters. The maximum absolute atomic E-state index is 5.60. The van der Waals surface area contributed by atoms with Crippen molar-refractivity contribution in [2.45, 2.75) is 33.1 Å². The molecule has 4 nitrogen and oxygen atoms in total. The summed E-state index contributed by atoms with van der Waals surface area (Å²) in [6, 6.07) is 0. The van der Waals surface area contributed by atoms with Gasteiger partial charge in [0.2, 0.25) is 5.88 Å². The van der Waals surface area contributed by atoms with Gasteiger partial charge in [-0.25, -0.2) is 9.97 Å². The molecule has 0 radical (unpaired) electrons. The van der Waals surface area contributed by atoms with Crippen LogP contribution >= 0.6 is 0 Å². The van der Waals surface area contributed by atoms with E-state index in [0.29, 0.717) is 18.4 Å². The Morgan fingerprint density at radius 3 is 2.67 bits per heavy atom. The maximum Gasteiger partial charge on any atom is 0.222 e. The van der Waals surface area contributed by atoms with Crippen LogP contribution in [0.5, 0.6) is 5.88 Å². The highest BCUT2D eigenvalue weighted by Gasteiger charge is 2.14. The van der Waals surface area contributed by atoms with Crippen molar-refractivity contribution >= 4 is 5.82 Å². The van der Waals surface area contributed by atoms with Crippen molar-refractivity contribution in [3.63, 3.8) is 0 Å². The molecule has 0 spiro atoms. The number of rotatable bonds is 5. The predicted molar refractivity (Wildman–Crippen MR) is 61.5 cm³/mol. The highest BCUT2D eigenvalue weighted by Crippen LogP contribution is 2.29. The molecule has 15 heavy (non-hydrogen) atoms. The van der Waals surface area contributed by atoms with E-state index in [2.05, 4.69) is 36.1 Å². The Bertz CT molecular complexity index is 313. The van der Waals surface area contributed by atoms with Crippen molar-refractivity contribution in [1.82, 2.24) is 9.97 Å². The lowest BCUT2D eigenvalue weighted by atomic mass is 10.1. The second kappa shape index (κ2) is 5.53. The van der Waals surface area contributed by atoms with Gasteiger partial charge in [0.05, 0.1) is 12.2 Å². The molecule has 0 fully saturated rings. The molecule has 1 aromatic rings. The van der Waals surface area contributed by atoms with Crippen LogP contribution < -0.4 is 10.1 Å². The molecule has 1 rings (SSSR count). The average molecular weight is 209 g/mol. The lowest BCUT2D eigenvalue weighted by Crippen LogP contribution is -2.07. The molecule has 1 aromatic heterocycles. The molecule has 0 amide bonds. The van der Waals surface area contributed by atoms with Gasteiger partial charge in [-0.1, -0.05) is 20.8 Å². The first-order valence-corrected chi connectivity index (χ1v) is 5.36. The summed E-state index contributed by atoms with van der Waals surface area (Å²) < 4.78 is 5.60. The van der Waals surface area contributed by atoms with Crippen molar-refractivity contribution in [3.05, 3.63) is 11.9 Å². The summed E-state index contributed by atoms with van der Waals surface area (Å²) in [4.78, 5) is 8.36. The van der Waals surface area contributed by atoms with Crippen LogP contribution in [0.1, 0.15) is 38.7 Å². The van der Waals surface area contributed by atoms with Gasteiger partial charge >= 0.3 is 0 Å². The van der Waals surface area contributed by atoms with Crippen LogP contribution in [0.3, 0.4) is 0 Å². The molecular weight excluding hydrogens is 190 g/mol. The molecule has 0 aliphatic heterocycles. The zero-order chi connectivity index (χ0) is 11.3. The van der Waals surface area contributed by atoms with Crippen molar-refractivity contribution < 1.29 is 4.74 Å². The normalized spacial score (nSPS) is 10.5. The van der Waals surface area contributed by atoms with Gasteiger partial charge in [0.1, 0.15) is 12.1 Å². The first kappa shape index (κ1) is 11.8. The van der Waals surface area contributed by atoms with E-state index in [1.54, 1.807) is 0 Å². The van der Waals surface area contributed by atoms with Gasteiger partial charge in [-0.05, 0) is 12.3 Å². The minimum absolute atomic E-state index is 0.348. The van der Waals surface area contributed by atoms with E-state index >= 15 is 0 Å². The van der Waals surface area contributed by atoms with E-state index in [9.17, 15) is 0 Å². The minimum Gasteiger partial charge on any atom is -0.477 e. The second-order valence-corrected chi connectivity index (χ2v) is 3.69. The topological polar surface area (TPSA) is 47.0 Å². The third-order valence-corrected chi connectivity index (χ3v) is 2.10. The number of hydrogen-bond acceptors (Lipinski definition) is 4. The zero-order valence-electron chi connectivity index (χ0n) is 9.87. The van der Waals surface area contributed by atoms with Crippen molar-refractivity contribution in [2.24, 2.45) is 0 Å². The standard InChI is InChI=1S/C11H19N3O/c1-5-6-15-11-9(8(2)3)10(12-4)13-7-14-11/h7-8H,5-6H2,1-4H3,(H,12,13,14). The zero-order valence-corrected chi connectivity index (χ0v) is 9.87. The largest absolute Gasteiger partial charge is 0.477 e. The molecule has 0 saturated carbocycles. The van der Waals surface area contributed by atoms with E-state index < -0.39 is 0 Å². The molecule has 4 heteroatoms. The Labute approximate surface area is 91.1 Å². The third kappa shape index (κ3) is 2.81. The first-order valence-electron chi connectivity index (χ1n) is 5.36. The van der Waals surface area contributed by atoms with Crippen molar-refractivity contribution in [3.8, 4) is 5.88 Å². The molecule has 0 saturated heterocycles. The fourth-order valence-electron chi connectivity index (χ4n) is 1.41. The molecule has 0 aliphatic rings. The summed E-state index contributed by atoms with van der Waals surface area (Å²) in [6.07, 6.45) is 2.51. The maximum atomic E-state index is 5.60. The summed E-state index contributed by atoms with van der Waals surface area (Å²) in [7, 11) is 1.86. The second-order valence-electron chi connectivity index (χ2n) is 3.69. The molecule has 0 bridgehead atoms. The molecule has 0 aromatic carbocycles. The first-order chi connectivity index (χ1) is 7.20. The smallest absolute Gasteiger partial charge is 0.222 e. The summed E-state index contributed by atoms with van der Waals surface area (Å²) in [5.74, 6) is 1.90. The number of nitrogens with zero attached hydrogens (tertiary/aromatic N) is 2. The number of aromatic nitrogens is 2. The Morgan fingerprint density at radius 1 is 1.40 bits per heavy atom. The Morgan fingerprint density at radius 2 is 2.13 bits per heavy atom. The molecule has 84 valence electrons. The number of anilines is 1. The molecular formula is C11H19N3O. The summed E-state index contributed by atoms with van der Waals surface area (Å²) in [6.45, 7) is 6.99. The van der Waals surface area contributed by atoms with Gasteiger partial charge < -0.3 is 10.1 Å². The van der Waals surface area contributed by atoms with E-state index in [0.717, 1.165) is 17.8 Å². The summed E-state index contributed by atoms with van der Waals surface area (Å²) in [5.41, 5.74) is 1.05. The third-order valence-electron chi connectivity index (χ3n) is 2.10. The van der Waals surface area contributed by atoms with Crippen LogP contribution in [0.4, 0.5) is 5.82 Å². The Kier molecular flexibility index (Phi) is 4.34. The van der Waals surface area contributed by atoms with Crippen molar-refractivity contribution in [1.29, 1.82) is 0 Å². The number of nitrogens with one attached hydrogen (secondary N) is 1. The summed E-state index contributed by atoms with van der Waals surface area (Å²) in [5, 5.41) is 3.06. The number of ether oxygens (including phenoxy) is 1. The quantitative estimate of drug-likeness (QED) is 0.809. The lowest BCUT2D eigenvalue weighted by Gasteiger charge is -2.15. The van der Waals surface area contributed by atoms with Crippen LogP contribution in [0.2, 0.25) is 0 Å². The predicted octanol–water partition coefficient (Wildman–Crippen LogP) is 2.43. The molecule has 0 unspecified atom stereocenters. The molecule has 1 N–H and O–H groups in total. The highest BCUT2D eigenvalue weighted by molar-refractivity contribution is 5.50. The fraction of sp³-hybridized carbons (Fsp3) is 0.636. The van der Waals surface area contributed by atoms with E-state index in [1.807, 2.05) is 7.05 Å². The monoisotopic (exact) mass is 209 g/mol. The minimum atomic E-state index is 0.348. The van der Waals surface area contributed by atoms with Crippen LogP contribution in [-0.2, 0) is 0 Å². The van der Waals surface area contributed by atoms with E-state index in [4.69, 9.17) is 4.74 Å². The average Bonchev–Trinajstić information content (AvgIpc) is 2.25. The van der Waals surface area contributed by atoms with Crippen molar-refractivity contribution in [2.75, 3.05) is 19.0 Å². The van der Waals surface area contributed by atoms with E-state index in [1.165, 1.54) is 6.33 Å². The van der Waals surface area contributed by atoms with E-state index in [-0.39, 0.29) is 0 Å². The van der Waals surface area contributed by atoms with Gasteiger partial charge in [-0.3, -0.25) is 0 Å². The van der Waals surface area contributed by atoms with Gasteiger partial charge in [-0.2, -0.15) is 0 Å². The van der Waals surface area contributed by atoms with Gasteiger partial charge in [0.25, 0.3) is 0 Å². The summed E-state index contributed by atoms with van der Waals surface area (Å²) >= 11 is 0. The fourth-order valence-corrected chi connectivity index (χ4v) is 1.41. The van der Waals surface area contributed by atoms with Crippen LogP contribution in [0.25, 0.3) is 0 Å². The Balaban J connectivity index is 3.02. The highest BCUT2D eigenvalue weighted by atomic mass is 16.5. The number of hydrogen-bond donors (Lipinski definition) is 1. The van der Waals surface area contributed by atoms with Gasteiger partial charge in [-0.15, -0.1) is 0 Å². The molecule has 1 heterocycles. The Hall–Kier alpha value is -1.32.